The zero-order valence-corrected chi connectivity index (χ0v) is 10.7. The first-order valence-corrected chi connectivity index (χ1v) is 5.97. The van der Waals surface area contributed by atoms with Crippen molar-refractivity contribution < 1.29 is 4.79 Å². The summed E-state index contributed by atoms with van der Waals surface area (Å²) >= 11 is 0. The molecule has 1 heterocycles. The number of carbonyl (C=O) groups excluding carboxylic acids is 1. The number of imidazole rings is 1. The summed E-state index contributed by atoms with van der Waals surface area (Å²) in [5, 5.41) is 2.79. The molecule has 1 aromatic heterocycles. The molecule has 0 unspecified atom stereocenters. The molecule has 4 N–H and O–H groups in total. The molecule has 1 aromatic carbocycles. The molecule has 18 heavy (non-hydrogen) atoms. The van der Waals surface area contributed by atoms with E-state index in [0.717, 1.165) is 16.9 Å². The topological polar surface area (TPSA) is 83.8 Å². The second-order valence-corrected chi connectivity index (χ2v) is 4.93. The number of aromatic nitrogens is 2. The first-order valence-electron chi connectivity index (χ1n) is 5.97. The second-order valence-electron chi connectivity index (χ2n) is 4.93. The largest absolute Gasteiger partial charge is 0.354 e. The lowest BCUT2D eigenvalue weighted by molar-refractivity contribution is -0.125. The highest BCUT2D eigenvalue weighted by atomic mass is 16.2. The third-order valence-corrected chi connectivity index (χ3v) is 2.67. The van der Waals surface area contributed by atoms with Crippen molar-refractivity contribution in [1.82, 2.24) is 15.3 Å². The predicted molar refractivity (Wildman–Crippen MR) is 71.1 cm³/mol. The van der Waals surface area contributed by atoms with Gasteiger partial charge in [0.15, 0.2) is 0 Å². The molecule has 0 aliphatic heterocycles. The van der Waals surface area contributed by atoms with Gasteiger partial charge in [-0.15, -0.1) is 0 Å². The fraction of sp³-hybridized carbons (Fsp3) is 0.385. The summed E-state index contributed by atoms with van der Waals surface area (Å²) in [6.07, 6.45) is 0.663. The molecule has 0 saturated carbocycles. The van der Waals surface area contributed by atoms with E-state index in [0.29, 0.717) is 13.0 Å². The fourth-order valence-corrected chi connectivity index (χ4v) is 1.65. The molecule has 0 fully saturated rings. The number of benzene rings is 1. The average molecular weight is 246 g/mol. The number of nitrogens with zero attached hydrogens (tertiary/aromatic N) is 1. The average Bonchev–Trinajstić information content (AvgIpc) is 2.70. The van der Waals surface area contributed by atoms with Gasteiger partial charge in [0.2, 0.25) is 5.91 Å². The molecular formula is C13H18N4O. The Balaban J connectivity index is 1.93. The highest BCUT2D eigenvalue weighted by Crippen LogP contribution is 2.10. The van der Waals surface area contributed by atoms with Crippen LogP contribution in [0.15, 0.2) is 24.3 Å². The van der Waals surface area contributed by atoms with Crippen molar-refractivity contribution in [2.75, 3.05) is 6.54 Å². The lowest BCUT2D eigenvalue weighted by Gasteiger charge is -2.17. The predicted octanol–water partition coefficient (Wildman–Crippen LogP) is 0.959. The molecule has 0 saturated heterocycles. The third-order valence-electron chi connectivity index (χ3n) is 2.67. The van der Waals surface area contributed by atoms with Gasteiger partial charge in [0.05, 0.1) is 16.6 Å². The zero-order valence-electron chi connectivity index (χ0n) is 10.7. The Bertz CT molecular complexity index is 520. The number of amides is 1. The van der Waals surface area contributed by atoms with Gasteiger partial charge >= 0.3 is 0 Å². The molecule has 0 aliphatic rings. The van der Waals surface area contributed by atoms with Crippen LogP contribution >= 0.6 is 0 Å². The monoisotopic (exact) mass is 246 g/mol. The van der Waals surface area contributed by atoms with E-state index in [9.17, 15) is 4.79 Å². The van der Waals surface area contributed by atoms with Crippen LogP contribution in [0.5, 0.6) is 0 Å². The van der Waals surface area contributed by atoms with Crippen LogP contribution in [-0.2, 0) is 11.2 Å². The summed E-state index contributed by atoms with van der Waals surface area (Å²) in [5.74, 6) is 0.713. The number of nitrogens with two attached hydrogens (primary N) is 1. The number of hydrogen-bond acceptors (Lipinski definition) is 3. The van der Waals surface area contributed by atoms with Gasteiger partial charge in [0.25, 0.3) is 0 Å². The summed E-state index contributed by atoms with van der Waals surface area (Å²) in [6, 6.07) is 7.85. The van der Waals surface area contributed by atoms with Crippen LogP contribution in [-0.4, -0.2) is 28.0 Å². The maximum absolute atomic E-state index is 11.6. The SMILES string of the molecule is CC(C)(N)C(=O)NCCc1nc2ccccc2[nH]1. The summed E-state index contributed by atoms with van der Waals surface area (Å²) in [4.78, 5) is 19.2. The second kappa shape index (κ2) is 4.78. The van der Waals surface area contributed by atoms with Gasteiger partial charge in [-0.1, -0.05) is 12.1 Å². The van der Waals surface area contributed by atoms with E-state index < -0.39 is 5.54 Å². The van der Waals surface area contributed by atoms with E-state index in [1.807, 2.05) is 24.3 Å². The first kappa shape index (κ1) is 12.6. The first-order chi connectivity index (χ1) is 8.47. The number of fused-ring (bicyclic) bond motifs is 1. The van der Waals surface area contributed by atoms with Gasteiger partial charge in [0.1, 0.15) is 5.82 Å². The molecule has 1 amide bonds. The van der Waals surface area contributed by atoms with Gasteiger partial charge in [0, 0.05) is 13.0 Å². The smallest absolute Gasteiger partial charge is 0.239 e. The van der Waals surface area contributed by atoms with Crippen molar-refractivity contribution >= 4 is 16.9 Å². The Morgan fingerprint density at radius 2 is 2.17 bits per heavy atom. The molecule has 2 aromatic rings. The highest BCUT2D eigenvalue weighted by Gasteiger charge is 2.20. The van der Waals surface area contributed by atoms with Crippen LogP contribution < -0.4 is 11.1 Å². The lowest BCUT2D eigenvalue weighted by Crippen LogP contribution is -2.49. The quantitative estimate of drug-likeness (QED) is 0.751. The number of aromatic amines is 1. The summed E-state index contributed by atoms with van der Waals surface area (Å²) in [6.45, 7) is 3.90. The van der Waals surface area contributed by atoms with Crippen LogP contribution in [0.1, 0.15) is 19.7 Å². The maximum atomic E-state index is 11.6. The van der Waals surface area contributed by atoms with Crippen LogP contribution in [0, 0.1) is 0 Å². The van der Waals surface area contributed by atoms with Crippen molar-refractivity contribution in [1.29, 1.82) is 0 Å². The van der Waals surface area contributed by atoms with E-state index in [-0.39, 0.29) is 5.91 Å². The Labute approximate surface area is 106 Å². The van der Waals surface area contributed by atoms with E-state index in [1.54, 1.807) is 13.8 Å². The minimum absolute atomic E-state index is 0.154. The zero-order chi connectivity index (χ0) is 13.2. The van der Waals surface area contributed by atoms with E-state index >= 15 is 0 Å². The van der Waals surface area contributed by atoms with E-state index in [2.05, 4.69) is 15.3 Å². The maximum Gasteiger partial charge on any atom is 0.239 e. The van der Waals surface area contributed by atoms with E-state index in [1.165, 1.54) is 0 Å². The van der Waals surface area contributed by atoms with Gasteiger partial charge in [-0.25, -0.2) is 4.98 Å². The molecule has 96 valence electrons. The fourth-order valence-electron chi connectivity index (χ4n) is 1.65. The summed E-state index contributed by atoms with van der Waals surface area (Å²) in [5.41, 5.74) is 6.80. The van der Waals surface area contributed by atoms with Crippen LogP contribution in [0.4, 0.5) is 0 Å². The molecule has 5 nitrogen and oxygen atoms in total. The van der Waals surface area contributed by atoms with E-state index in [4.69, 9.17) is 5.73 Å². The Morgan fingerprint density at radius 3 is 2.83 bits per heavy atom. The molecular weight excluding hydrogens is 228 g/mol. The molecule has 0 radical (unpaired) electrons. The molecule has 0 atom stereocenters. The minimum Gasteiger partial charge on any atom is -0.354 e. The number of para-hydroxylation sites is 2. The van der Waals surface area contributed by atoms with Crippen molar-refractivity contribution in [2.24, 2.45) is 5.73 Å². The third kappa shape index (κ3) is 2.87. The van der Waals surface area contributed by atoms with Crippen LogP contribution in [0.25, 0.3) is 11.0 Å². The number of H-pyrrole nitrogens is 1. The molecule has 5 heteroatoms. The number of hydrogen-bond donors (Lipinski definition) is 3. The van der Waals surface area contributed by atoms with Crippen LogP contribution in [0.3, 0.4) is 0 Å². The van der Waals surface area contributed by atoms with Gasteiger partial charge in [-0.3, -0.25) is 4.79 Å². The molecule has 0 bridgehead atoms. The van der Waals surface area contributed by atoms with Crippen LogP contribution in [0.2, 0.25) is 0 Å². The van der Waals surface area contributed by atoms with Gasteiger partial charge < -0.3 is 16.0 Å². The summed E-state index contributed by atoms with van der Waals surface area (Å²) < 4.78 is 0. The molecule has 0 aliphatic carbocycles. The number of nitrogens with one attached hydrogen (secondary N) is 2. The standard InChI is InChI=1S/C13H18N4O/c1-13(2,14)12(18)15-8-7-11-16-9-5-3-4-6-10(9)17-11/h3-6H,7-8,14H2,1-2H3,(H,15,18)(H,16,17). The van der Waals surface area contributed by atoms with Crippen molar-refractivity contribution in [3.05, 3.63) is 30.1 Å². The normalized spacial score (nSPS) is 11.7. The van der Waals surface area contributed by atoms with Crippen molar-refractivity contribution in [3.63, 3.8) is 0 Å². The van der Waals surface area contributed by atoms with Gasteiger partial charge in [-0.05, 0) is 26.0 Å². The van der Waals surface area contributed by atoms with Crippen molar-refractivity contribution in [2.45, 2.75) is 25.8 Å². The Hall–Kier alpha value is -1.88. The minimum atomic E-state index is -0.839. The van der Waals surface area contributed by atoms with Crippen molar-refractivity contribution in [3.8, 4) is 0 Å². The lowest BCUT2D eigenvalue weighted by atomic mass is 10.1. The van der Waals surface area contributed by atoms with Gasteiger partial charge in [-0.2, -0.15) is 0 Å². The molecule has 0 spiro atoms. The number of carbonyl (C=O) groups is 1. The Kier molecular flexibility index (Phi) is 3.34. The summed E-state index contributed by atoms with van der Waals surface area (Å²) in [7, 11) is 0. The Morgan fingerprint density at radius 1 is 1.44 bits per heavy atom. The number of rotatable bonds is 4. The molecule has 2 rings (SSSR count). The highest BCUT2D eigenvalue weighted by molar-refractivity contribution is 5.85.